The molecule has 1 aromatic rings. The number of rotatable bonds is 3. The van der Waals surface area contributed by atoms with E-state index in [1.54, 1.807) is 11.6 Å². The van der Waals surface area contributed by atoms with Crippen molar-refractivity contribution < 1.29 is 4.92 Å². The minimum absolute atomic E-state index is 0.0515. The SMILES string of the molecule is CCSc1c([N+](=O)[O-])ncn1C. The van der Waals surface area contributed by atoms with Crippen LogP contribution in [0.2, 0.25) is 0 Å². The van der Waals surface area contributed by atoms with Crippen molar-refractivity contribution in [2.24, 2.45) is 7.05 Å². The van der Waals surface area contributed by atoms with Gasteiger partial charge in [0.2, 0.25) is 6.33 Å². The van der Waals surface area contributed by atoms with Crippen LogP contribution in [0.1, 0.15) is 6.92 Å². The molecule has 0 unspecified atom stereocenters. The van der Waals surface area contributed by atoms with Gasteiger partial charge in [0.1, 0.15) is 0 Å². The Balaban J connectivity index is 3.03. The summed E-state index contributed by atoms with van der Waals surface area (Å²) in [5.74, 6) is 0.754. The molecule has 0 atom stereocenters. The topological polar surface area (TPSA) is 61.0 Å². The Morgan fingerprint density at radius 3 is 3.00 bits per heavy atom. The largest absolute Gasteiger partial charge is 0.395 e. The molecule has 1 heterocycles. The molecule has 0 amide bonds. The molecule has 5 nitrogen and oxygen atoms in total. The molecule has 0 aliphatic carbocycles. The van der Waals surface area contributed by atoms with Crippen LogP contribution in [0.5, 0.6) is 0 Å². The number of nitro groups is 1. The molecule has 0 aromatic carbocycles. The van der Waals surface area contributed by atoms with E-state index in [0.717, 1.165) is 5.75 Å². The first-order valence-corrected chi connectivity index (χ1v) is 4.44. The van der Waals surface area contributed by atoms with Gasteiger partial charge in [0, 0.05) is 7.05 Å². The summed E-state index contributed by atoms with van der Waals surface area (Å²) in [6.07, 6.45) is 1.45. The summed E-state index contributed by atoms with van der Waals surface area (Å²) in [7, 11) is 1.75. The Kier molecular flexibility index (Phi) is 2.69. The smallest absolute Gasteiger partial charge is 0.358 e. The lowest BCUT2D eigenvalue weighted by atomic mass is 10.8. The Labute approximate surface area is 73.9 Å². The maximum absolute atomic E-state index is 10.4. The Hall–Kier alpha value is -1.04. The van der Waals surface area contributed by atoms with Crippen LogP contribution < -0.4 is 0 Å². The molecular weight excluding hydrogens is 178 g/mol. The number of hydrogen-bond acceptors (Lipinski definition) is 4. The van der Waals surface area contributed by atoms with Crippen molar-refractivity contribution in [2.45, 2.75) is 11.9 Å². The fourth-order valence-corrected chi connectivity index (χ4v) is 1.62. The molecule has 1 aromatic heterocycles. The minimum atomic E-state index is -0.460. The van der Waals surface area contributed by atoms with E-state index in [9.17, 15) is 10.1 Å². The molecule has 0 fully saturated rings. The fraction of sp³-hybridized carbons (Fsp3) is 0.500. The summed E-state index contributed by atoms with van der Waals surface area (Å²) in [4.78, 5) is 13.6. The van der Waals surface area contributed by atoms with Crippen molar-refractivity contribution >= 4 is 17.6 Å². The number of hydrogen-bond donors (Lipinski definition) is 0. The normalized spacial score (nSPS) is 10.2. The predicted octanol–water partition coefficient (Wildman–Crippen LogP) is 1.44. The van der Waals surface area contributed by atoms with Crippen LogP contribution in [0.4, 0.5) is 5.82 Å². The van der Waals surface area contributed by atoms with E-state index in [1.165, 1.54) is 18.1 Å². The van der Waals surface area contributed by atoms with Gasteiger partial charge in [0.15, 0.2) is 5.03 Å². The van der Waals surface area contributed by atoms with E-state index >= 15 is 0 Å². The summed E-state index contributed by atoms with van der Waals surface area (Å²) < 4.78 is 1.66. The van der Waals surface area contributed by atoms with Gasteiger partial charge in [-0.3, -0.25) is 0 Å². The average Bonchev–Trinajstić information content (AvgIpc) is 2.34. The second kappa shape index (κ2) is 3.57. The van der Waals surface area contributed by atoms with Gasteiger partial charge < -0.3 is 14.7 Å². The molecule has 0 saturated carbocycles. The number of aromatic nitrogens is 2. The summed E-state index contributed by atoms with van der Waals surface area (Å²) in [6, 6.07) is 0. The van der Waals surface area contributed by atoms with Crippen LogP contribution in [0, 0.1) is 10.1 Å². The van der Waals surface area contributed by atoms with Gasteiger partial charge in [-0.2, -0.15) is 0 Å². The molecule has 0 radical (unpaired) electrons. The third-order valence-electron chi connectivity index (χ3n) is 1.32. The summed E-state index contributed by atoms with van der Waals surface area (Å²) in [6.45, 7) is 1.95. The predicted molar refractivity (Wildman–Crippen MR) is 46.3 cm³/mol. The maximum Gasteiger partial charge on any atom is 0.395 e. The van der Waals surface area contributed by atoms with Crippen molar-refractivity contribution in [2.75, 3.05) is 5.75 Å². The Bertz CT molecular complexity index is 297. The minimum Gasteiger partial charge on any atom is -0.358 e. The molecular formula is C6H9N3O2S. The van der Waals surface area contributed by atoms with Gasteiger partial charge in [-0.1, -0.05) is 18.7 Å². The maximum atomic E-state index is 10.4. The first-order valence-electron chi connectivity index (χ1n) is 3.45. The van der Waals surface area contributed by atoms with Gasteiger partial charge in [0.05, 0.1) is 0 Å². The second-order valence-electron chi connectivity index (χ2n) is 2.17. The number of aryl methyl sites for hydroxylation is 1. The first kappa shape index (κ1) is 9.05. The molecule has 0 bridgehead atoms. The zero-order valence-electron chi connectivity index (χ0n) is 6.85. The van der Waals surface area contributed by atoms with E-state index < -0.39 is 4.92 Å². The Morgan fingerprint density at radius 2 is 2.50 bits per heavy atom. The zero-order chi connectivity index (χ0) is 9.14. The molecule has 0 aliphatic heterocycles. The van der Waals surface area contributed by atoms with E-state index in [-0.39, 0.29) is 5.82 Å². The highest BCUT2D eigenvalue weighted by Crippen LogP contribution is 2.26. The number of thioether (sulfide) groups is 1. The summed E-state index contributed by atoms with van der Waals surface area (Å²) in [5.41, 5.74) is 0. The molecule has 12 heavy (non-hydrogen) atoms. The lowest BCUT2D eigenvalue weighted by Gasteiger charge is -1.97. The second-order valence-corrected chi connectivity index (χ2v) is 3.43. The molecule has 0 saturated heterocycles. The van der Waals surface area contributed by atoms with Gasteiger partial charge >= 0.3 is 5.82 Å². The van der Waals surface area contributed by atoms with Crippen molar-refractivity contribution in [3.05, 3.63) is 16.4 Å². The quantitative estimate of drug-likeness (QED) is 0.408. The number of imidazole rings is 1. The molecule has 0 N–H and O–H groups in total. The van der Waals surface area contributed by atoms with E-state index in [0.29, 0.717) is 5.03 Å². The molecule has 6 heteroatoms. The van der Waals surface area contributed by atoms with Crippen molar-refractivity contribution in [3.63, 3.8) is 0 Å². The van der Waals surface area contributed by atoms with Gasteiger partial charge in [0.25, 0.3) is 0 Å². The number of nitrogens with zero attached hydrogens (tertiary/aromatic N) is 3. The summed E-state index contributed by atoms with van der Waals surface area (Å²) in [5, 5.41) is 11.0. The lowest BCUT2D eigenvalue weighted by Crippen LogP contribution is -1.93. The highest BCUT2D eigenvalue weighted by Gasteiger charge is 2.19. The lowest BCUT2D eigenvalue weighted by molar-refractivity contribution is -0.392. The Morgan fingerprint density at radius 1 is 1.83 bits per heavy atom. The molecule has 0 spiro atoms. The van der Waals surface area contributed by atoms with Gasteiger partial charge in [-0.25, -0.2) is 0 Å². The van der Waals surface area contributed by atoms with E-state index in [2.05, 4.69) is 4.98 Å². The average molecular weight is 187 g/mol. The highest BCUT2D eigenvalue weighted by atomic mass is 32.2. The van der Waals surface area contributed by atoms with Crippen LogP contribution >= 0.6 is 11.8 Å². The van der Waals surface area contributed by atoms with Gasteiger partial charge in [-0.15, -0.1) is 0 Å². The fourth-order valence-electron chi connectivity index (χ4n) is 0.835. The first-order chi connectivity index (χ1) is 5.66. The zero-order valence-corrected chi connectivity index (χ0v) is 7.67. The third kappa shape index (κ3) is 1.58. The van der Waals surface area contributed by atoms with Crippen LogP contribution in [0.25, 0.3) is 0 Å². The highest BCUT2D eigenvalue weighted by molar-refractivity contribution is 7.99. The van der Waals surface area contributed by atoms with Crippen LogP contribution in [-0.2, 0) is 7.05 Å². The van der Waals surface area contributed by atoms with Crippen LogP contribution in [0.3, 0.4) is 0 Å². The van der Waals surface area contributed by atoms with Crippen LogP contribution in [0.15, 0.2) is 11.4 Å². The van der Waals surface area contributed by atoms with E-state index in [1.807, 2.05) is 6.92 Å². The molecule has 0 aliphatic rings. The van der Waals surface area contributed by atoms with Gasteiger partial charge in [-0.05, 0) is 15.7 Å². The summed E-state index contributed by atoms with van der Waals surface area (Å²) >= 11 is 1.42. The van der Waals surface area contributed by atoms with Crippen molar-refractivity contribution in [1.82, 2.24) is 9.55 Å². The third-order valence-corrected chi connectivity index (χ3v) is 2.35. The molecule has 66 valence electrons. The monoisotopic (exact) mass is 187 g/mol. The standard InChI is InChI=1S/C6H9N3O2S/c1-3-12-6-5(9(10)11)7-4-8(6)2/h4H,3H2,1-2H3. The van der Waals surface area contributed by atoms with E-state index in [4.69, 9.17) is 0 Å². The van der Waals surface area contributed by atoms with Crippen LogP contribution in [-0.4, -0.2) is 20.2 Å². The van der Waals surface area contributed by atoms with Crippen molar-refractivity contribution in [1.29, 1.82) is 0 Å². The van der Waals surface area contributed by atoms with Crippen molar-refractivity contribution in [3.8, 4) is 0 Å². The molecule has 1 rings (SSSR count).